The van der Waals surface area contributed by atoms with Crippen LogP contribution in [0.3, 0.4) is 0 Å². The number of rotatable bonds is 6. The molecule has 2 heterocycles. The van der Waals surface area contributed by atoms with Crippen molar-refractivity contribution in [1.82, 2.24) is 20.9 Å². The molecule has 1 aliphatic rings. The Kier molecular flexibility index (Phi) is 4.92. The minimum absolute atomic E-state index is 0.163. The summed E-state index contributed by atoms with van der Waals surface area (Å²) in [6, 6.07) is 2.57. The first kappa shape index (κ1) is 15.7. The van der Waals surface area contributed by atoms with E-state index in [2.05, 4.69) is 20.9 Å². The smallest absolute Gasteiger partial charge is 0.322 e. The predicted octanol–water partition coefficient (Wildman–Crippen LogP) is -0.248. The molecule has 118 valence electrons. The van der Waals surface area contributed by atoms with E-state index >= 15 is 0 Å². The van der Waals surface area contributed by atoms with Gasteiger partial charge >= 0.3 is 6.03 Å². The van der Waals surface area contributed by atoms with Crippen LogP contribution in [0.15, 0.2) is 18.3 Å². The number of anilines is 1. The van der Waals surface area contributed by atoms with Crippen LogP contribution in [0.4, 0.5) is 10.6 Å². The highest BCUT2D eigenvalue weighted by atomic mass is 16.2. The van der Waals surface area contributed by atoms with Gasteiger partial charge in [0.25, 0.3) is 5.91 Å². The SMILES string of the molecule is CN(C)c1ncccc1CNC(=O)CC[C@@H]1NC(=O)NC1=O. The molecule has 0 radical (unpaired) electrons. The highest BCUT2D eigenvalue weighted by Crippen LogP contribution is 2.14. The third-order valence-corrected chi connectivity index (χ3v) is 3.29. The minimum atomic E-state index is -0.631. The maximum absolute atomic E-state index is 11.9. The van der Waals surface area contributed by atoms with Crippen LogP contribution in [-0.4, -0.2) is 43.0 Å². The van der Waals surface area contributed by atoms with Crippen molar-refractivity contribution in [2.24, 2.45) is 0 Å². The second kappa shape index (κ2) is 6.88. The van der Waals surface area contributed by atoms with Gasteiger partial charge in [-0.25, -0.2) is 9.78 Å². The van der Waals surface area contributed by atoms with Gasteiger partial charge < -0.3 is 15.5 Å². The van der Waals surface area contributed by atoms with E-state index in [9.17, 15) is 14.4 Å². The molecule has 0 saturated carbocycles. The van der Waals surface area contributed by atoms with Gasteiger partial charge in [-0.3, -0.25) is 14.9 Å². The number of nitrogens with one attached hydrogen (secondary N) is 3. The van der Waals surface area contributed by atoms with E-state index in [4.69, 9.17) is 0 Å². The van der Waals surface area contributed by atoms with Gasteiger partial charge in [0.15, 0.2) is 0 Å². The van der Waals surface area contributed by atoms with Gasteiger partial charge in [0, 0.05) is 38.8 Å². The highest BCUT2D eigenvalue weighted by molar-refractivity contribution is 6.04. The van der Waals surface area contributed by atoms with Gasteiger partial charge in [-0.05, 0) is 12.5 Å². The van der Waals surface area contributed by atoms with E-state index in [1.165, 1.54) is 0 Å². The Morgan fingerprint density at radius 3 is 2.82 bits per heavy atom. The summed E-state index contributed by atoms with van der Waals surface area (Å²) in [5.74, 6) is 0.229. The lowest BCUT2D eigenvalue weighted by molar-refractivity contribution is -0.122. The molecule has 0 aromatic carbocycles. The van der Waals surface area contributed by atoms with Gasteiger partial charge in [0.2, 0.25) is 5.91 Å². The predicted molar refractivity (Wildman–Crippen MR) is 80.1 cm³/mol. The maximum atomic E-state index is 11.9. The molecular weight excluding hydrogens is 286 g/mol. The number of pyridine rings is 1. The number of amides is 4. The fourth-order valence-electron chi connectivity index (χ4n) is 2.19. The molecule has 0 bridgehead atoms. The van der Waals surface area contributed by atoms with E-state index in [1.807, 2.05) is 31.1 Å². The van der Waals surface area contributed by atoms with Crippen LogP contribution in [-0.2, 0) is 16.1 Å². The Balaban J connectivity index is 1.81. The molecule has 22 heavy (non-hydrogen) atoms. The van der Waals surface area contributed by atoms with Crippen LogP contribution >= 0.6 is 0 Å². The van der Waals surface area contributed by atoms with Crippen LogP contribution in [0.5, 0.6) is 0 Å². The Morgan fingerprint density at radius 1 is 1.41 bits per heavy atom. The third kappa shape index (κ3) is 3.94. The fourth-order valence-corrected chi connectivity index (χ4v) is 2.19. The average molecular weight is 305 g/mol. The molecule has 0 unspecified atom stereocenters. The Hall–Kier alpha value is -2.64. The molecule has 1 saturated heterocycles. The Morgan fingerprint density at radius 2 is 2.18 bits per heavy atom. The summed E-state index contributed by atoms with van der Waals surface area (Å²) in [5.41, 5.74) is 0.910. The van der Waals surface area contributed by atoms with Crippen molar-refractivity contribution in [3.8, 4) is 0 Å². The molecule has 3 N–H and O–H groups in total. The van der Waals surface area contributed by atoms with Crippen molar-refractivity contribution < 1.29 is 14.4 Å². The Labute approximate surface area is 128 Å². The third-order valence-electron chi connectivity index (χ3n) is 3.29. The number of hydrogen-bond donors (Lipinski definition) is 3. The van der Waals surface area contributed by atoms with E-state index in [0.717, 1.165) is 11.4 Å². The summed E-state index contributed by atoms with van der Waals surface area (Å²) in [6.45, 7) is 0.364. The zero-order chi connectivity index (χ0) is 16.1. The van der Waals surface area contributed by atoms with Crippen molar-refractivity contribution >= 4 is 23.7 Å². The molecule has 0 aliphatic carbocycles. The van der Waals surface area contributed by atoms with E-state index < -0.39 is 12.1 Å². The van der Waals surface area contributed by atoms with Gasteiger partial charge in [0.1, 0.15) is 11.9 Å². The summed E-state index contributed by atoms with van der Waals surface area (Å²) in [7, 11) is 3.77. The lowest BCUT2D eigenvalue weighted by Gasteiger charge is -2.16. The number of carbonyl (C=O) groups is 3. The monoisotopic (exact) mass is 305 g/mol. The lowest BCUT2D eigenvalue weighted by atomic mass is 10.1. The Bertz CT molecular complexity index is 588. The normalized spacial score (nSPS) is 16.9. The molecule has 1 aromatic rings. The standard InChI is InChI=1S/C14H19N5O3/c1-19(2)12-9(4-3-7-15-12)8-16-11(20)6-5-10-13(21)18-14(22)17-10/h3-4,7,10H,5-6,8H2,1-2H3,(H,16,20)(H2,17,18,21,22)/t10-/m0/s1. The molecule has 8 nitrogen and oxygen atoms in total. The quantitative estimate of drug-likeness (QED) is 0.629. The molecule has 1 fully saturated rings. The topological polar surface area (TPSA) is 103 Å². The summed E-state index contributed by atoms with van der Waals surface area (Å²) in [5, 5.41) is 7.39. The zero-order valence-electron chi connectivity index (χ0n) is 12.5. The second-order valence-electron chi connectivity index (χ2n) is 5.21. The maximum Gasteiger partial charge on any atom is 0.322 e. The second-order valence-corrected chi connectivity index (χ2v) is 5.21. The largest absolute Gasteiger partial charge is 0.362 e. The fraction of sp³-hybridized carbons (Fsp3) is 0.429. The molecule has 1 atom stereocenters. The van der Waals surface area contributed by atoms with E-state index in [1.54, 1.807) is 6.20 Å². The zero-order valence-corrected chi connectivity index (χ0v) is 12.5. The van der Waals surface area contributed by atoms with Crippen LogP contribution in [0.2, 0.25) is 0 Å². The molecule has 0 spiro atoms. The average Bonchev–Trinajstić information content (AvgIpc) is 2.81. The molecule has 2 rings (SSSR count). The van der Waals surface area contributed by atoms with Crippen molar-refractivity contribution in [3.63, 3.8) is 0 Å². The van der Waals surface area contributed by atoms with E-state index in [-0.39, 0.29) is 24.7 Å². The molecule has 1 aromatic heterocycles. The minimum Gasteiger partial charge on any atom is -0.362 e. The number of imide groups is 1. The van der Waals surface area contributed by atoms with Gasteiger partial charge in [-0.1, -0.05) is 6.07 Å². The van der Waals surface area contributed by atoms with E-state index in [0.29, 0.717) is 6.54 Å². The van der Waals surface area contributed by atoms with Crippen molar-refractivity contribution in [2.75, 3.05) is 19.0 Å². The number of nitrogens with zero attached hydrogens (tertiary/aromatic N) is 2. The first-order chi connectivity index (χ1) is 10.5. The van der Waals surface area contributed by atoms with Crippen molar-refractivity contribution in [3.05, 3.63) is 23.9 Å². The van der Waals surface area contributed by atoms with Crippen molar-refractivity contribution in [1.29, 1.82) is 0 Å². The highest BCUT2D eigenvalue weighted by Gasteiger charge is 2.29. The molecular formula is C14H19N5O3. The van der Waals surface area contributed by atoms with Crippen LogP contribution in [0.1, 0.15) is 18.4 Å². The van der Waals surface area contributed by atoms with Crippen LogP contribution in [0, 0.1) is 0 Å². The summed E-state index contributed by atoms with van der Waals surface area (Å²) < 4.78 is 0. The molecule has 1 aliphatic heterocycles. The summed E-state index contributed by atoms with van der Waals surface area (Å²) in [4.78, 5) is 40.3. The summed E-state index contributed by atoms with van der Waals surface area (Å²) >= 11 is 0. The van der Waals surface area contributed by atoms with Crippen LogP contribution < -0.4 is 20.9 Å². The number of hydrogen-bond acceptors (Lipinski definition) is 5. The van der Waals surface area contributed by atoms with Crippen molar-refractivity contribution in [2.45, 2.75) is 25.4 Å². The van der Waals surface area contributed by atoms with Gasteiger partial charge in [-0.15, -0.1) is 0 Å². The number of carbonyl (C=O) groups excluding carboxylic acids is 3. The van der Waals surface area contributed by atoms with Gasteiger partial charge in [0.05, 0.1) is 0 Å². The van der Waals surface area contributed by atoms with Gasteiger partial charge in [-0.2, -0.15) is 0 Å². The summed E-state index contributed by atoms with van der Waals surface area (Å²) in [6.07, 6.45) is 2.13. The first-order valence-electron chi connectivity index (χ1n) is 6.96. The molecule has 4 amide bonds. The molecule has 8 heteroatoms. The van der Waals surface area contributed by atoms with Crippen LogP contribution in [0.25, 0.3) is 0 Å². The first-order valence-corrected chi connectivity index (χ1v) is 6.96. The lowest BCUT2D eigenvalue weighted by Crippen LogP contribution is -2.31. The number of urea groups is 1. The number of aromatic nitrogens is 1.